The molecule has 1 fully saturated rings. The van der Waals surface area contributed by atoms with Gasteiger partial charge in [0.1, 0.15) is 0 Å². The molecule has 1 aromatic carbocycles. The van der Waals surface area contributed by atoms with Gasteiger partial charge in [0, 0.05) is 26.1 Å². The summed E-state index contributed by atoms with van der Waals surface area (Å²) in [5, 5.41) is 9.57. The maximum absolute atomic E-state index is 12.4. The van der Waals surface area contributed by atoms with E-state index in [4.69, 9.17) is 0 Å². The fraction of sp³-hybridized carbons (Fsp3) is 0.632. The molecule has 0 unspecified atom stereocenters. The highest BCUT2D eigenvalue weighted by atomic mass is 16.3. The first-order chi connectivity index (χ1) is 10.5. The smallest absolute Gasteiger partial charge is 0.222 e. The van der Waals surface area contributed by atoms with E-state index in [1.54, 1.807) is 0 Å². The zero-order valence-electron chi connectivity index (χ0n) is 14.2. The van der Waals surface area contributed by atoms with Gasteiger partial charge < -0.3 is 10.0 Å². The molecule has 122 valence electrons. The molecule has 0 spiro atoms. The number of amides is 1. The zero-order chi connectivity index (χ0) is 16.2. The summed E-state index contributed by atoms with van der Waals surface area (Å²) in [5.74, 6) is 0.252. The molecule has 1 saturated heterocycles. The van der Waals surface area contributed by atoms with Crippen molar-refractivity contribution in [3.63, 3.8) is 0 Å². The number of hydrogen-bond donors (Lipinski definition) is 1. The lowest BCUT2D eigenvalue weighted by atomic mass is 9.77. The highest BCUT2D eigenvalue weighted by Crippen LogP contribution is 2.34. The van der Waals surface area contributed by atoms with E-state index in [1.165, 1.54) is 16.7 Å². The quantitative estimate of drug-likeness (QED) is 0.907. The van der Waals surface area contributed by atoms with Crippen LogP contribution >= 0.6 is 0 Å². The molecule has 0 radical (unpaired) electrons. The lowest BCUT2D eigenvalue weighted by Crippen LogP contribution is -2.44. The van der Waals surface area contributed by atoms with Crippen molar-refractivity contribution in [3.05, 3.63) is 34.9 Å². The van der Waals surface area contributed by atoms with Crippen LogP contribution in [-0.4, -0.2) is 35.6 Å². The Morgan fingerprint density at radius 1 is 1.18 bits per heavy atom. The minimum Gasteiger partial charge on any atom is -0.396 e. The molecule has 2 rings (SSSR count). The van der Waals surface area contributed by atoms with Gasteiger partial charge in [0.05, 0.1) is 0 Å². The molecule has 3 nitrogen and oxygen atoms in total. The number of hydrogen-bond acceptors (Lipinski definition) is 2. The second kappa shape index (κ2) is 7.28. The summed E-state index contributed by atoms with van der Waals surface area (Å²) in [7, 11) is 0. The number of likely N-dealkylation sites (tertiary alicyclic amines) is 1. The normalized spacial score (nSPS) is 17.5. The second-order valence-electron chi connectivity index (χ2n) is 6.89. The molecule has 0 atom stereocenters. The van der Waals surface area contributed by atoms with Crippen LogP contribution in [0.2, 0.25) is 0 Å². The van der Waals surface area contributed by atoms with E-state index < -0.39 is 0 Å². The first-order valence-corrected chi connectivity index (χ1v) is 8.44. The fourth-order valence-corrected chi connectivity index (χ4v) is 3.48. The van der Waals surface area contributed by atoms with Crippen molar-refractivity contribution in [1.82, 2.24) is 4.90 Å². The van der Waals surface area contributed by atoms with Gasteiger partial charge in [-0.1, -0.05) is 36.2 Å². The molecule has 1 amide bonds. The van der Waals surface area contributed by atoms with Crippen LogP contribution in [0.3, 0.4) is 0 Å². The third kappa shape index (κ3) is 4.10. The van der Waals surface area contributed by atoms with Gasteiger partial charge in [-0.3, -0.25) is 4.79 Å². The molecule has 3 heteroatoms. The number of nitrogens with zero attached hydrogens (tertiary/aromatic N) is 1. The van der Waals surface area contributed by atoms with Crippen molar-refractivity contribution in [2.75, 3.05) is 19.7 Å². The summed E-state index contributed by atoms with van der Waals surface area (Å²) in [4.78, 5) is 14.4. The first kappa shape index (κ1) is 17.0. The van der Waals surface area contributed by atoms with E-state index in [0.29, 0.717) is 6.42 Å². The Kier molecular flexibility index (Phi) is 5.63. The second-order valence-corrected chi connectivity index (χ2v) is 6.89. The molecule has 0 aromatic heterocycles. The maximum Gasteiger partial charge on any atom is 0.222 e. The molecular formula is C19H29NO2. The van der Waals surface area contributed by atoms with Crippen molar-refractivity contribution < 1.29 is 9.90 Å². The van der Waals surface area contributed by atoms with Gasteiger partial charge in [-0.25, -0.2) is 0 Å². The van der Waals surface area contributed by atoms with Gasteiger partial charge >= 0.3 is 0 Å². The Labute approximate surface area is 134 Å². The predicted octanol–water partition coefficient (Wildman–Crippen LogP) is 3.25. The van der Waals surface area contributed by atoms with Crippen LogP contribution in [0.5, 0.6) is 0 Å². The zero-order valence-corrected chi connectivity index (χ0v) is 14.2. The molecule has 1 aliphatic heterocycles. The van der Waals surface area contributed by atoms with Gasteiger partial charge in [0.25, 0.3) is 0 Å². The number of aliphatic hydroxyl groups excluding tert-OH is 1. The van der Waals surface area contributed by atoms with Crippen molar-refractivity contribution in [3.8, 4) is 0 Å². The summed E-state index contributed by atoms with van der Waals surface area (Å²) in [6, 6.07) is 6.50. The summed E-state index contributed by atoms with van der Waals surface area (Å²) < 4.78 is 0. The highest BCUT2D eigenvalue weighted by molar-refractivity contribution is 5.76. The number of rotatable bonds is 5. The van der Waals surface area contributed by atoms with E-state index in [9.17, 15) is 9.90 Å². The number of carbonyl (C=O) groups excluding carboxylic acids is 1. The Morgan fingerprint density at radius 3 is 2.27 bits per heavy atom. The number of aryl methyl sites for hydroxylation is 3. The van der Waals surface area contributed by atoms with E-state index >= 15 is 0 Å². The summed E-state index contributed by atoms with van der Waals surface area (Å²) in [5.41, 5.74) is 3.82. The van der Waals surface area contributed by atoms with E-state index in [2.05, 4.69) is 39.0 Å². The number of carbonyl (C=O) groups is 1. The number of benzene rings is 1. The van der Waals surface area contributed by atoms with Crippen LogP contribution in [0.4, 0.5) is 0 Å². The lowest BCUT2D eigenvalue weighted by Gasteiger charge is -2.40. The van der Waals surface area contributed by atoms with Crippen molar-refractivity contribution >= 4 is 5.91 Å². The van der Waals surface area contributed by atoms with Crippen LogP contribution < -0.4 is 0 Å². The first-order valence-electron chi connectivity index (χ1n) is 8.44. The average Bonchev–Trinajstić information content (AvgIpc) is 2.52. The fourth-order valence-electron chi connectivity index (χ4n) is 3.48. The monoisotopic (exact) mass is 303 g/mol. The topological polar surface area (TPSA) is 40.5 Å². The minimum absolute atomic E-state index is 0.0461. The predicted molar refractivity (Wildman–Crippen MR) is 89.9 cm³/mol. The van der Waals surface area contributed by atoms with Crippen LogP contribution in [0.1, 0.15) is 49.3 Å². The van der Waals surface area contributed by atoms with Crippen molar-refractivity contribution in [2.45, 2.75) is 52.9 Å². The van der Waals surface area contributed by atoms with Crippen LogP contribution in [0.15, 0.2) is 18.2 Å². The molecule has 1 heterocycles. The third-order valence-electron chi connectivity index (χ3n) is 5.17. The Balaban J connectivity index is 1.86. The van der Waals surface area contributed by atoms with Gasteiger partial charge in [-0.05, 0) is 50.5 Å². The lowest BCUT2D eigenvalue weighted by molar-refractivity contribution is -0.134. The number of aliphatic hydroxyl groups is 1. The average molecular weight is 303 g/mol. The maximum atomic E-state index is 12.4. The molecule has 1 aromatic rings. The number of piperidine rings is 1. The third-order valence-corrected chi connectivity index (χ3v) is 5.17. The molecular weight excluding hydrogens is 274 g/mol. The van der Waals surface area contributed by atoms with Crippen molar-refractivity contribution in [1.29, 1.82) is 0 Å². The molecule has 1 N–H and O–H groups in total. The molecule has 0 aliphatic carbocycles. The van der Waals surface area contributed by atoms with Crippen LogP contribution in [-0.2, 0) is 11.2 Å². The summed E-state index contributed by atoms with van der Waals surface area (Å²) in [6.45, 7) is 8.16. The van der Waals surface area contributed by atoms with Crippen LogP contribution in [0, 0.1) is 19.3 Å². The van der Waals surface area contributed by atoms with E-state index in [-0.39, 0.29) is 17.9 Å². The SMILES string of the molecule is CCC1(CO)CCN(C(=O)CCc2cc(C)cc(C)c2)CC1. The highest BCUT2D eigenvalue weighted by Gasteiger charge is 2.33. The Morgan fingerprint density at radius 2 is 1.77 bits per heavy atom. The summed E-state index contributed by atoms with van der Waals surface area (Å²) in [6.07, 6.45) is 4.25. The van der Waals surface area contributed by atoms with Crippen LogP contribution in [0.25, 0.3) is 0 Å². The molecule has 0 bridgehead atoms. The summed E-state index contributed by atoms with van der Waals surface area (Å²) >= 11 is 0. The minimum atomic E-state index is 0.0461. The van der Waals surface area contributed by atoms with Crippen molar-refractivity contribution in [2.24, 2.45) is 5.41 Å². The van der Waals surface area contributed by atoms with Gasteiger partial charge in [0.2, 0.25) is 5.91 Å². The van der Waals surface area contributed by atoms with Gasteiger partial charge in [-0.15, -0.1) is 0 Å². The Bertz CT molecular complexity index is 490. The molecule has 1 aliphatic rings. The molecule has 22 heavy (non-hydrogen) atoms. The molecule has 0 saturated carbocycles. The van der Waals surface area contributed by atoms with Gasteiger partial charge in [0.15, 0.2) is 0 Å². The van der Waals surface area contributed by atoms with Gasteiger partial charge in [-0.2, -0.15) is 0 Å². The standard InChI is InChI=1S/C19H29NO2/c1-4-19(14-21)7-9-20(10-8-19)18(22)6-5-17-12-15(2)11-16(3)13-17/h11-13,21H,4-10,14H2,1-3H3. The van der Waals surface area contributed by atoms with E-state index in [0.717, 1.165) is 38.8 Å². The van der Waals surface area contributed by atoms with E-state index in [1.807, 2.05) is 4.90 Å². The Hall–Kier alpha value is -1.35. The largest absolute Gasteiger partial charge is 0.396 e.